The topological polar surface area (TPSA) is 25.8 Å². The van der Waals surface area contributed by atoms with Gasteiger partial charge in [0, 0.05) is 11.3 Å². The van der Waals surface area contributed by atoms with Gasteiger partial charge in [-0.25, -0.2) is 0 Å². The Hall–Kier alpha value is -2.65. The van der Waals surface area contributed by atoms with Crippen LogP contribution in [0.2, 0.25) is 0 Å². The predicted octanol–water partition coefficient (Wildman–Crippen LogP) is 5.59. The summed E-state index contributed by atoms with van der Waals surface area (Å²) in [6.07, 6.45) is 0. The zero-order valence-corrected chi connectivity index (χ0v) is 13.9. The maximum atomic E-state index is 4.36. The van der Waals surface area contributed by atoms with Crippen LogP contribution in [0.3, 0.4) is 0 Å². The summed E-state index contributed by atoms with van der Waals surface area (Å²) in [5, 5.41) is 12.2. The summed E-state index contributed by atoms with van der Waals surface area (Å²) >= 11 is 1.72. The van der Waals surface area contributed by atoms with Gasteiger partial charge < -0.3 is 0 Å². The number of fused-ring (bicyclic) bond motifs is 1. The maximum Gasteiger partial charge on any atom is 0.119 e. The van der Waals surface area contributed by atoms with Crippen LogP contribution in [0, 0.1) is 0 Å². The van der Waals surface area contributed by atoms with Crippen LogP contribution in [0.1, 0.15) is 5.56 Å². The van der Waals surface area contributed by atoms with Gasteiger partial charge in [-0.1, -0.05) is 84.6 Å². The third kappa shape index (κ3) is 3.17. The lowest BCUT2D eigenvalue weighted by atomic mass is 10.1. The average Bonchev–Trinajstić information content (AvgIpc) is 2.67. The van der Waals surface area contributed by atoms with E-state index in [1.807, 2.05) is 42.5 Å². The van der Waals surface area contributed by atoms with E-state index in [9.17, 15) is 0 Å². The minimum absolute atomic E-state index is 0.890. The molecule has 0 bridgehead atoms. The van der Waals surface area contributed by atoms with Gasteiger partial charge in [-0.3, -0.25) is 0 Å². The fourth-order valence-corrected chi connectivity index (χ4v) is 3.55. The number of hydrogen-bond acceptors (Lipinski definition) is 3. The van der Waals surface area contributed by atoms with Gasteiger partial charge in [0.25, 0.3) is 0 Å². The Labute approximate surface area is 145 Å². The molecule has 4 aromatic rings. The number of thioether (sulfide) groups is 1. The number of aromatic nitrogens is 2. The van der Waals surface area contributed by atoms with Crippen molar-refractivity contribution in [2.75, 3.05) is 0 Å². The van der Waals surface area contributed by atoms with Crippen LogP contribution in [-0.4, -0.2) is 10.2 Å². The highest BCUT2D eigenvalue weighted by Gasteiger charge is 2.04. The second kappa shape index (κ2) is 6.85. The van der Waals surface area contributed by atoms with Crippen molar-refractivity contribution < 1.29 is 0 Å². The summed E-state index contributed by atoms with van der Waals surface area (Å²) in [6, 6.07) is 29.2. The molecule has 3 aromatic carbocycles. The van der Waals surface area contributed by atoms with E-state index in [2.05, 4.69) is 52.7 Å². The molecule has 0 amide bonds. The van der Waals surface area contributed by atoms with Crippen LogP contribution >= 0.6 is 11.8 Å². The van der Waals surface area contributed by atoms with Crippen molar-refractivity contribution in [3.8, 4) is 11.3 Å². The summed E-state index contributed by atoms with van der Waals surface area (Å²) in [6.45, 7) is 0. The van der Waals surface area contributed by atoms with Crippen LogP contribution in [0.4, 0.5) is 0 Å². The van der Waals surface area contributed by atoms with Gasteiger partial charge in [0.15, 0.2) is 0 Å². The summed E-state index contributed by atoms with van der Waals surface area (Å²) in [5.74, 6) is 0.890. The molecule has 4 rings (SSSR count). The van der Waals surface area contributed by atoms with E-state index in [1.54, 1.807) is 11.8 Å². The first-order chi connectivity index (χ1) is 11.9. The van der Waals surface area contributed by atoms with E-state index in [0.717, 1.165) is 22.0 Å². The zero-order valence-electron chi connectivity index (χ0n) is 13.1. The Balaban J connectivity index is 1.52. The molecule has 0 aliphatic carbocycles. The van der Waals surface area contributed by atoms with E-state index in [-0.39, 0.29) is 0 Å². The molecule has 0 unspecified atom stereocenters. The molecule has 0 saturated carbocycles. The molecule has 0 aliphatic rings. The molecular formula is C21H16N2S. The van der Waals surface area contributed by atoms with E-state index in [4.69, 9.17) is 0 Å². The molecule has 0 aliphatic heterocycles. The van der Waals surface area contributed by atoms with E-state index in [0.29, 0.717) is 0 Å². The van der Waals surface area contributed by atoms with Crippen LogP contribution in [0.5, 0.6) is 0 Å². The molecule has 0 radical (unpaired) electrons. The summed E-state index contributed by atoms with van der Waals surface area (Å²) in [5.41, 5.74) is 3.33. The van der Waals surface area contributed by atoms with E-state index in [1.165, 1.54) is 16.3 Å². The fraction of sp³-hybridized carbons (Fsp3) is 0.0476. The second-order valence-electron chi connectivity index (χ2n) is 5.55. The van der Waals surface area contributed by atoms with Gasteiger partial charge >= 0.3 is 0 Å². The Morgan fingerprint density at radius 3 is 2.29 bits per heavy atom. The van der Waals surface area contributed by atoms with Crippen molar-refractivity contribution in [1.29, 1.82) is 0 Å². The van der Waals surface area contributed by atoms with Gasteiger partial charge in [0.1, 0.15) is 5.03 Å². The largest absolute Gasteiger partial charge is 0.149 e. The van der Waals surface area contributed by atoms with Gasteiger partial charge in [-0.2, -0.15) is 0 Å². The zero-order chi connectivity index (χ0) is 16.2. The standard InChI is InChI=1S/C21H16N2S/c1-2-8-17(9-3-1)20-13-14-21(23-22-20)24-15-18-11-6-10-16-7-4-5-12-19(16)18/h1-14H,15H2. The molecule has 0 N–H and O–H groups in total. The maximum absolute atomic E-state index is 4.36. The van der Waals surface area contributed by atoms with Gasteiger partial charge in [0.05, 0.1) is 5.69 Å². The van der Waals surface area contributed by atoms with Crippen LogP contribution in [0.15, 0.2) is 90.0 Å². The van der Waals surface area contributed by atoms with E-state index < -0.39 is 0 Å². The summed E-state index contributed by atoms with van der Waals surface area (Å²) < 4.78 is 0. The van der Waals surface area contributed by atoms with Crippen LogP contribution < -0.4 is 0 Å². The first-order valence-corrected chi connectivity index (χ1v) is 8.87. The van der Waals surface area contributed by atoms with Crippen molar-refractivity contribution in [3.05, 3.63) is 90.5 Å². The van der Waals surface area contributed by atoms with Crippen molar-refractivity contribution in [2.24, 2.45) is 0 Å². The van der Waals surface area contributed by atoms with Crippen LogP contribution in [0.25, 0.3) is 22.0 Å². The summed E-state index contributed by atoms with van der Waals surface area (Å²) in [7, 11) is 0. The number of hydrogen-bond donors (Lipinski definition) is 0. The fourth-order valence-electron chi connectivity index (χ4n) is 2.73. The van der Waals surface area contributed by atoms with Gasteiger partial charge in [-0.05, 0) is 28.5 Å². The Bertz CT molecular complexity index is 945. The Morgan fingerprint density at radius 1 is 0.667 bits per heavy atom. The lowest BCUT2D eigenvalue weighted by Crippen LogP contribution is -1.90. The van der Waals surface area contributed by atoms with Crippen molar-refractivity contribution >= 4 is 22.5 Å². The van der Waals surface area contributed by atoms with Gasteiger partial charge in [-0.15, -0.1) is 10.2 Å². The number of rotatable bonds is 4. The number of nitrogens with zero attached hydrogens (tertiary/aromatic N) is 2. The number of benzene rings is 3. The first kappa shape index (κ1) is 14.9. The molecule has 0 atom stereocenters. The highest BCUT2D eigenvalue weighted by Crippen LogP contribution is 2.26. The molecule has 1 aromatic heterocycles. The first-order valence-electron chi connectivity index (χ1n) is 7.89. The normalized spacial score (nSPS) is 10.8. The lowest BCUT2D eigenvalue weighted by molar-refractivity contribution is 0.935. The van der Waals surface area contributed by atoms with E-state index >= 15 is 0 Å². The minimum atomic E-state index is 0.890. The molecule has 0 spiro atoms. The highest BCUT2D eigenvalue weighted by molar-refractivity contribution is 7.98. The monoisotopic (exact) mass is 328 g/mol. The SMILES string of the molecule is c1ccc(-c2ccc(SCc3cccc4ccccc34)nn2)cc1. The van der Waals surface area contributed by atoms with Crippen LogP contribution in [-0.2, 0) is 5.75 Å². The van der Waals surface area contributed by atoms with Gasteiger partial charge in [0.2, 0.25) is 0 Å². The highest BCUT2D eigenvalue weighted by atomic mass is 32.2. The third-order valence-corrected chi connectivity index (χ3v) is 4.93. The second-order valence-corrected chi connectivity index (χ2v) is 6.55. The molecule has 3 heteroatoms. The third-order valence-electron chi connectivity index (χ3n) is 3.97. The predicted molar refractivity (Wildman–Crippen MR) is 101 cm³/mol. The molecule has 0 fully saturated rings. The molecule has 116 valence electrons. The average molecular weight is 328 g/mol. The summed E-state index contributed by atoms with van der Waals surface area (Å²) in [4.78, 5) is 0. The molecular weight excluding hydrogens is 312 g/mol. The molecule has 1 heterocycles. The molecule has 2 nitrogen and oxygen atoms in total. The lowest BCUT2D eigenvalue weighted by Gasteiger charge is -2.06. The van der Waals surface area contributed by atoms with Crippen molar-refractivity contribution in [1.82, 2.24) is 10.2 Å². The molecule has 24 heavy (non-hydrogen) atoms. The Kier molecular flexibility index (Phi) is 4.26. The quantitative estimate of drug-likeness (QED) is 0.457. The minimum Gasteiger partial charge on any atom is -0.149 e. The smallest absolute Gasteiger partial charge is 0.119 e. The van der Waals surface area contributed by atoms with Crippen molar-refractivity contribution in [2.45, 2.75) is 10.8 Å². The molecule has 0 saturated heterocycles. The van der Waals surface area contributed by atoms with Crippen molar-refractivity contribution in [3.63, 3.8) is 0 Å². The Morgan fingerprint density at radius 2 is 1.46 bits per heavy atom.